The van der Waals surface area contributed by atoms with Gasteiger partial charge in [-0.2, -0.15) is 0 Å². The number of phenolic OH excluding ortho intramolecular Hbond substituents is 2. The molecule has 1 saturated heterocycles. The molecule has 0 amide bonds. The van der Waals surface area contributed by atoms with Gasteiger partial charge in [0.1, 0.15) is 5.65 Å². The number of aliphatic hydroxyl groups excluding tert-OH is 1. The van der Waals surface area contributed by atoms with E-state index in [1.807, 2.05) is 18.3 Å². The summed E-state index contributed by atoms with van der Waals surface area (Å²) in [5, 5.41) is 29.8. The third-order valence-electron chi connectivity index (χ3n) is 6.50. The minimum absolute atomic E-state index is 0.0165. The first kappa shape index (κ1) is 22.4. The third kappa shape index (κ3) is 4.25. The van der Waals surface area contributed by atoms with Gasteiger partial charge >= 0.3 is 0 Å². The molecule has 9 heteroatoms. The third-order valence-corrected chi connectivity index (χ3v) is 6.50. The maximum absolute atomic E-state index is 12.8. The Hall–Kier alpha value is -3.40. The normalized spacial score (nSPS) is 18.0. The van der Waals surface area contributed by atoms with Gasteiger partial charge in [0.25, 0.3) is 0 Å². The van der Waals surface area contributed by atoms with Gasteiger partial charge in [0.05, 0.1) is 12.2 Å². The van der Waals surface area contributed by atoms with Crippen LogP contribution in [0.2, 0.25) is 0 Å². The lowest BCUT2D eigenvalue weighted by atomic mass is 10.1. The summed E-state index contributed by atoms with van der Waals surface area (Å²) in [6.45, 7) is 6.69. The highest BCUT2D eigenvalue weighted by atomic mass is 16.5. The Morgan fingerprint density at radius 1 is 1.03 bits per heavy atom. The van der Waals surface area contributed by atoms with E-state index in [4.69, 9.17) is 9.84 Å². The minimum Gasteiger partial charge on any atom is -0.504 e. The Morgan fingerprint density at radius 3 is 2.56 bits per heavy atom. The molecule has 34 heavy (non-hydrogen) atoms. The van der Waals surface area contributed by atoms with Gasteiger partial charge in [0, 0.05) is 62.6 Å². The molecule has 9 nitrogen and oxygen atoms in total. The number of rotatable bonds is 7. The summed E-state index contributed by atoms with van der Waals surface area (Å²) in [7, 11) is 0. The van der Waals surface area contributed by atoms with Crippen molar-refractivity contribution in [2.24, 2.45) is 0 Å². The molecule has 3 aromatic rings. The Morgan fingerprint density at radius 2 is 1.79 bits per heavy atom. The average molecular weight is 465 g/mol. The van der Waals surface area contributed by atoms with Crippen molar-refractivity contribution in [2.45, 2.75) is 13.0 Å². The maximum Gasteiger partial charge on any atom is 0.232 e. The number of allylic oxidation sites excluding steroid dienone is 1. The van der Waals surface area contributed by atoms with E-state index in [-0.39, 0.29) is 35.2 Å². The lowest BCUT2D eigenvalue weighted by molar-refractivity contribution is 0.101. The molecule has 2 aliphatic heterocycles. The van der Waals surface area contributed by atoms with Gasteiger partial charge in [-0.25, -0.2) is 4.98 Å². The summed E-state index contributed by atoms with van der Waals surface area (Å²) in [5.41, 5.74) is 1.87. The maximum atomic E-state index is 12.8. The summed E-state index contributed by atoms with van der Waals surface area (Å²) in [4.78, 5) is 22.1. The Kier molecular flexibility index (Phi) is 6.23. The van der Waals surface area contributed by atoms with Crippen molar-refractivity contribution in [3.63, 3.8) is 0 Å². The Bertz CT molecular complexity index is 1240. The second-order valence-corrected chi connectivity index (χ2v) is 8.66. The van der Waals surface area contributed by atoms with Crippen LogP contribution in [0, 0.1) is 0 Å². The fourth-order valence-electron chi connectivity index (χ4n) is 4.65. The zero-order chi connectivity index (χ0) is 23.7. The first-order valence-corrected chi connectivity index (χ1v) is 11.5. The van der Waals surface area contributed by atoms with Gasteiger partial charge in [0.2, 0.25) is 11.5 Å². The number of piperazine rings is 1. The van der Waals surface area contributed by atoms with Crippen molar-refractivity contribution in [1.82, 2.24) is 19.4 Å². The lowest BCUT2D eigenvalue weighted by Gasteiger charge is -2.34. The van der Waals surface area contributed by atoms with Crippen LogP contribution in [-0.4, -0.2) is 86.3 Å². The number of hydrogen-bond donors (Lipinski definition) is 3. The SMILES string of the molecule is O=C1C(=Cc2cn(CCCN3CCN(CCO)CC3)c3ncccc23)Oc2c1ccc(O)c2O. The van der Waals surface area contributed by atoms with E-state index in [0.29, 0.717) is 0 Å². The fraction of sp³-hybridized carbons (Fsp3) is 0.360. The lowest BCUT2D eigenvalue weighted by Crippen LogP contribution is -2.47. The number of aromatic hydroxyl groups is 2. The molecule has 0 bridgehead atoms. The van der Waals surface area contributed by atoms with Crippen LogP contribution in [0.25, 0.3) is 17.1 Å². The topological polar surface area (TPSA) is 111 Å². The molecule has 0 saturated carbocycles. The second-order valence-electron chi connectivity index (χ2n) is 8.66. The molecule has 2 aliphatic rings. The summed E-state index contributed by atoms with van der Waals surface area (Å²) in [6.07, 6.45) is 6.36. The fourth-order valence-corrected chi connectivity index (χ4v) is 4.65. The zero-order valence-electron chi connectivity index (χ0n) is 18.9. The number of ether oxygens (including phenoxy) is 1. The van der Waals surface area contributed by atoms with Crippen LogP contribution in [-0.2, 0) is 6.54 Å². The van der Waals surface area contributed by atoms with Crippen molar-refractivity contribution in [1.29, 1.82) is 0 Å². The van der Waals surface area contributed by atoms with Gasteiger partial charge < -0.3 is 29.5 Å². The number of hydrogen-bond acceptors (Lipinski definition) is 8. The average Bonchev–Trinajstić information content (AvgIpc) is 3.36. The summed E-state index contributed by atoms with van der Waals surface area (Å²) >= 11 is 0. The van der Waals surface area contributed by atoms with Crippen LogP contribution >= 0.6 is 0 Å². The molecule has 3 N–H and O–H groups in total. The van der Waals surface area contributed by atoms with E-state index in [2.05, 4.69) is 19.4 Å². The number of Topliss-reactive ketones (excluding diaryl/α,β-unsaturated/α-hetero) is 1. The predicted octanol–water partition coefficient (Wildman–Crippen LogP) is 2.06. The van der Waals surface area contributed by atoms with E-state index in [1.54, 1.807) is 12.3 Å². The number of phenols is 2. The number of aromatic nitrogens is 2. The molecule has 0 aliphatic carbocycles. The van der Waals surface area contributed by atoms with Gasteiger partial charge in [-0.1, -0.05) is 0 Å². The summed E-state index contributed by atoms with van der Waals surface area (Å²) in [5.74, 6) is -1.02. The quantitative estimate of drug-likeness (QED) is 0.360. The van der Waals surface area contributed by atoms with Crippen LogP contribution in [0.5, 0.6) is 17.2 Å². The number of benzene rings is 1. The van der Waals surface area contributed by atoms with E-state index < -0.39 is 5.75 Å². The van der Waals surface area contributed by atoms with E-state index in [1.165, 1.54) is 12.1 Å². The number of fused-ring (bicyclic) bond motifs is 2. The van der Waals surface area contributed by atoms with Crippen molar-refractivity contribution in [2.75, 3.05) is 45.9 Å². The standard InChI is InChI=1S/C25H28N4O5/c30-14-13-28-11-9-27(10-12-28)7-2-8-29-16-17(18-3-1-6-26-25(18)29)15-21-22(32)19-4-5-20(31)23(33)24(19)34-21/h1,3-6,15-16,30-31,33H,2,7-14H2. The molecule has 0 unspecified atom stereocenters. The van der Waals surface area contributed by atoms with E-state index >= 15 is 0 Å². The highest BCUT2D eigenvalue weighted by Crippen LogP contribution is 2.44. The van der Waals surface area contributed by atoms with Gasteiger partial charge in [-0.05, 0) is 43.3 Å². The van der Waals surface area contributed by atoms with Crippen molar-refractivity contribution < 1.29 is 24.9 Å². The molecule has 0 spiro atoms. The molecule has 4 heterocycles. The van der Waals surface area contributed by atoms with E-state index in [9.17, 15) is 15.0 Å². The van der Waals surface area contributed by atoms with Crippen LogP contribution in [0.15, 0.2) is 42.4 Å². The van der Waals surface area contributed by atoms with Crippen molar-refractivity contribution in [3.8, 4) is 17.2 Å². The molecule has 5 rings (SSSR count). The first-order chi connectivity index (χ1) is 16.5. The highest BCUT2D eigenvalue weighted by Gasteiger charge is 2.31. The number of carbonyl (C=O) groups is 1. The number of aliphatic hydroxyl groups is 1. The van der Waals surface area contributed by atoms with Crippen LogP contribution in [0.1, 0.15) is 22.3 Å². The van der Waals surface area contributed by atoms with Gasteiger partial charge in [0.15, 0.2) is 17.3 Å². The molecule has 2 aromatic heterocycles. The van der Waals surface area contributed by atoms with Crippen molar-refractivity contribution in [3.05, 3.63) is 53.5 Å². The number of pyridine rings is 1. The molecule has 1 fully saturated rings. The first-order valence-electron chi connectivity index (χ1n) is 11.5. The molecular weight excluding hydrogens is 436 g/mol. The number of nitrogens with zero attached hydrogens (tertiary/aromatic N) is 4. The van der Waals surface area contributed by atoms with Crippen LogP contribution < -0.4 is 4.74 Å². The monoisotopic (exact) mass is 464 g/mol. The predicted molar refractivity (Wildman–Crippen MR) is 127 cm³/mol. The molecular formula is C25H28N4O5. The molecule has 1 aromatic carbocycles. The van der Waals surface area contributed by atoms with Gasteiger partial charge in [-0.15, -0.1) is 0 Å². The number of ketones is 1. The second kappa shape index (κ2) is 9.46. The largest absolute Gasteiger partial charge is 0.504 e. The summed E-state index contributed by atoms with van der Waals surface area (Å²) in [6, 6.07) is 6.54. The zero-order valence-corrected chi connectivity index (χ0v) is 18.9. The number of β-amino-alcohol motifs (C(OH)–C–C–N with tert-alkyl or cyclic N) is 1. The van der Waals surface area contributed by atoms with Crippen LogP contribution in [0.4, 0.5) is 0 Å². The molecule has 0 atom stereocenters. The van der Waals surface area contributed by atoms with Gasteiger partial charge in [-0.3, -0.25) is 9.69 Å². The minimum atomic E-state index is -0.435. The Labute approximate surface area is 197 Å². The number of aryl methyl sites for hydroxylation is 1. The summed E-state index contributed by atoms with van der Waals surface area (Å²) < 4.78 is 7.72. The smallest absolute Gasteiger partial charge is 0.232 e. The van der Waals surface area contributed by atoms with Crippen LogP contribution in [0.3, 0.4) is 0 Å². The molecule has 0 radical (unpaired) electrons. The van der Waals surface area contributed by atoms with Crippen molar-refractivity contribution >= 4 is 22.9 Å². The number of carbonyl (C=O) groups excluding carboxylic acids is 1. The Balaban J connectivity index is 1.31. The molecule has 178 valence electrons. The van der Waals surface area contributed by atoms with E-state index in [0.717, 1.165) is 68.8 Å². The highest BCUT2D eigenvalue weighted by molar-refractivity contribution is 6.15.